The second-order valence-corrected chi connectivity index (χ2v) is 8.21. The van der Waals surface area contributed by atoms with Crippen molar-refractivity contribution >= 4 is 16.8 Å². The lowest BCUT2D eigenvalue weighted by Gasteiger charge is -2.23. The fraction of sp³-hybridized carbons (Fsp3) is 0.375. The molecule has 0 aliphatic rings. The molecule has 2 N–H and O–H groups in total. The average molecular weight is 395 g/mol. The Kier molecular flexibility index (Phi) is 6.40. The second kappa shape index (κ2) is 8.80. The van der Waals surface area contributed by atoms with Crippen molar-refractivity contribution in [3.8, 4) is 5.75 Å². The molecule has 0 saturated carbocycles. The number of fused-ring (bicyclic) bond motifs is 1. The number of nitrogens with one attached hydrogen (secondary N) is 1. The lowest BCUT2D eigenvalue weighted by atomic mass is 9.99. The van der Waals surface area contributed by atoms with Crippen molar-refractivity contribution < 1.29 is 19.1 Å². The first kappa shape index (κ1) is 21.1. The molecule has 3 aromatic rings. The van der Waals surface area contributed by atoms with E-state index < -0.39 is 6.10 Å². The maximum absolute atomic E-state index is 13.0. The van der Waals surface area contributed by atoms with Crippen molar-refractivity contribution in [3.05, 3.63) is 65.4 Å². The van der Waals surface area contributed by atoms with E-state index in [1.807, 2.05) is 52.0 Å². The van der Waals surface area contributed by atoms with Crippen molar-refractivity contribution in [1.82, 2.24) is 5.32 Å². The normalized spacial score (nSPS) is 12.9. The third kappa shape index (κ3) is 5.25. The summed E-state index contributed by atoms with van der Waals surface area (Å²) in [7, 11) is 0. The van der Waals surface area contributed by atoms with Gasteiger partial charge in [0.1, 0.15) is 18.5 Å². The van der Waals surface area contributed by atoms with E-state index >= 15 is 0 Å². The number of rotatable bonds is 8. The SMILES string of the molecule is CCc1cc2c(C(=O)c3ccccc3)ccc(OCC(O)CNC(C)(C)C)c2o1. The second-order valence-electron chi connectivity index (χ2n) is 8.21. The number of hydrogen-bond acceptors (Lipinski definition) is 5. The van der Waals surface area contributed by atoms with E-state index in [1.165, 1.54) is 0 Å². The van der Waals surface area contributed by atoms with Crippen LogP contribution in [0.4, 0.5) is 0 Å². The lowest BCUT2D eigenvalue weighted by molar-refractivity contribution is 0.100. The van der Waals surface area contributed by atoms with Crippen LogP contribution in [0.25, 0.3) is 11.0 Å². The molecule has 0 aliphatic heterocycles. The molecule has 0 aliphatic carbocycles. The van der Waals surface area contributed by atoms with Crippen LogP contribution in [0.3, 0.4) is 0 Å². The van der Waals surface area contributed by atoms with E-state index in [9.17, 15) is 9.90 Å². The van der Waals surface area contributed by atoms with E-state index in [2.05, 4.69) is 5.32 Å². The molecule has 2 aromatic carbocycles. The quantitative estimate of drug-likeness (QED) is 0.555. The van der Waals surface area contributed by atoms with Gasteiger partial charge in [0.15, 0.2) is 17.1 Å². The Morgan fingerprint density at radius 3 is 2.55 bits per heavy atom. The van der Waals surface area contributed by atoms with Gasteiger partial charge in [-0.05, 0) is 39.0 Å². The zero-order valence-electron chi connectivity index (χ0n) is 17.5. The number of β-amino-alcohol motifs (C(OH)–C–C–N with tert-alkyl or cyclic N) is 1. The molecule has 0 bridgehead atoms. The molecule has 0 fully saturated rings. The van der Waals surface area contributed by atoms with E-state index in [-0.39, 0.29) is 17.9 Å². The largest absolute Gasteiger partial charge is 0.487 e. The Hall–Kier alpha value is -2.63. The summed E-state index contributed by atoms with van der Waals surface area (Å²) in [6, 6.07) is 14.6. The van der Waals surface area contributed by atoms with Gasteiger partial charge in [0.05, 0.1) is 0 Å². The van der Waals surface area contributed by atoms with E-state index in [1.54, 1.807) is 24.3 Å². The van der Waals surface area contributed by atoms with Crippen molar-refractivity contribution in [1.29, 1.82) is 0 Å². The number of aliphatic hydroxyl groups excluding tert-OH is 1. The maximum atomic E-state index is 13.0. The monoisotopic (exact) mass is 395 g/mol. The summed E-state index contributed by atoms with van der Waals surface area (Å²) >= 11 is 0. The number of carbonyl (C=O) groups excluding carboxylic acids is 1. The van der Waals surface area contributed by atoms with Gasteiger partial charge in [-0.1, -0.05) is 37.3 Å². The summed E-state index contributed by atoms with van der Waals surface area (Å²) in [5.41, 5.74) is 1.67. The first-order valence-corrected chi connectivity index (χ1v) is 9.99. The molecule has 1 unspecified atom stereocenters. The van der Waals surface area contributed by atoms with Gasteiger partial charge in [0, 0.05) is 35.0 Å². The summed E-state index contributed by atoms with van der Waals surface area (Å²) < 4.78 is 11.8. The van der Waals surface area contributed by atoms with Crippen LogP contribution >= 0.6 is 0 Å². The van der Waals surface area contributed by atoms with Crippen molar-refractivity contribution in [2.45, 2.75) is 45.8 Å². The summed E-state index contributed by atoms with van der Waals surface area (Å²) in [5, 5.41) is 14.2. The maximum Gasteiger partial charge on any atom is 0.193 e. The van der Waals surface area contributed by atoms with Gasteiger partial charge in [0.2, 0.25) is 0 Å². The fourth-order valence-electron chi connectivity index (χ4n) is 3.05. The molecule has 1 heterocycles. The molecule has 5 nitrogen and oxygen atoms in total. The summed E-state index contributed by atoms with van der Waals surface area (Å²) in [6.45, 7) is 8.69. The summed E-state index contributed by atoms with van der Waals surface area (Å²) in [4.78, 5) is 13.0. The Morgan fingerprint density at radius 1 is 1.17 bits per heavy atom. The van der Waals surface area contributed by atoms with Crippen LogP contribution in [-0.2, 0) is 6.42 Å². The molecule has 5 heteroatoms. The molecule has 0 amide bonds. The Morgan fingerprint density at radius 2 is 1.90 bits per heavy atom. The molecular formula is C24H29NO4. The summed E-state index contributed by atoms with van der Waals surface area (Å²) in [6.07, 6.45) is 0.0566. The van der Waals surface area contributed by atoms with Gasteiger partial charge in [0.25, 0.3) is 0 Å². The van der Waals surface area contributed by atoms with Crippen LogP contribution < -0.4 is 10.1 Å². The molecule has 3 rings (SSSR count). The Balaban J connectivity index is 1.85. The molecule has 0 saturated heterocycles. The van der Waals surface area contributed by atoms with Gasteiger partial charge in [-0.15, -0.1) is 0 Å². The highest BCUT2D eigenvalue weighted by Gasteiger charge is 2.19. The van der Waals surface area contributed by atoms with Crippen LogP contribution in [0, 0.1) is 0 Å². The van der Waals surface area contributed by atoms with Gasteiger partial charge < -0.3 is 19.6 Å². The zero-order chi connectivity index (χ0) is 21.0. The third-order valence-corrected chi connectivity index (χ3v) is 4.63. The Labute approximate surface area is 171 Å². The number of ether oxygens (including phenoxy) is 1. The number of carbonyl (C=O) groups is 1. The van der Waals surface area contributed by atoms with Gasteiger partial charge in [-0.3, -0.25) is 4.79 Å². The average Bonchev–Trinajstić information content (AvgIpc) is 3.15. The van der Waals surface area contributed by atoms with Crippen LogP contribution in [0.15, 0.2) is 52.9 Å². The number of aliphatic hydroxyl groups is 1. The standard InChI is InChI=1S/C24H29NO4/c1-5-18-13-20-19(22(27)16-9-7-6-8-10-16)11-12-21(23(20)29-18)28-15-17(26)14-25-24(2,3)4/h6-13,17,25-26H,5,14-15H2,1-4H3. The number of furan rings is 1. The third-order valence-electron chi connectivity index (χ3n) is 4.63. The highest BCUT2D eigenvalue weighted by atomic mass is 16.5. The summed E-state index contributed by atoms with van der Waals surface area (Å²) in [5.74, 6) is 1.26. The van der Waals surface area contributed by atoms with Crippen LogP contribution in [-0.4, -0.2) is 35.7 Å². The van der Waals surface area contributed by atoms with Crippen molar-refractivity contribution in [2.75, 3.05) is 13.2 Å². The van der Waals surface area contributed by atoms with Gasteiger partial charge in [-0.25, -0.2) is 0 Å². The predicted octanol–water partition coefficient (Wildman–Crippen LogP) is 4.35. The van der Waals surface area contributed by atoms with Crippen molar-refractivity contribution in [3.63, 3.8) is 0 Å². The first-order valence-electron chi connectivity index (χ1n) is 9.99. The topological polar surface area (TPSA) is 71.7 Å². The molecule has 1 aromatic heterocycles. The highest BCUT2D eigenvalue weighted by molar-refractivity contribution is 6.16. The molecule has 154 valence electrons. The Bertz CT molecular complexity index is 970. The zero-order valence-corrected chi connectivity index (χ0v) is 17.5. The molecular weight excluding hydrogens is 366 g/mol. The minimum absolute atomic E-state index is 0.0555. The number of hydrogen-bond donors (Lipinski definition) is 2. The predicted molar refractivity (Wildman–Crippen MR) is 115 cm³/mol. The van der Waals surface area contributed by atoms with E-state index in [0.29, 0.717) is 35.4 Å². The molecule has 0 spiro atoms. The number of aryl methyl sites for hydroxylation is 1. The minimum Gasteiger partial charge on any atom is -0.487 e. The first-order chi connectivity index (χ1) is 13.8. The smallest absolute Gasteiger partial charge is 0.193 e. The van der Waals surface area contributed by atoms with Crippen LogP contribution in [0.2, 0.25) is 0 Å². The number of ketones is 1. The van der Waals surface area contributed by atoms with Crippen LogP contribution in [0.5, 0.6) is 5.75 Å². The molecule has 0 radical (unpaired) electrons. The van der Waals surface area contributed by atoms with Gasteiger partial charge >= 0.3 is 0 Å². The van der Waals surface area contributed by atoms with E-state index in [4.69, 9.17) is 9.15 Å². The molecule has 29 heavy (non-hydrogen) atoms. The van der Waals surface area contributed by atoms with Crippen LogP contribution in [0.1, 0.15) is 49.4 Å². The number of benzene rings is 2. The molecule has 1 atom stereocenters. The minimum atomic E-state index is -0.657. The van der Waals surface area contributed by atoms with Gasteiger partial charge in [-0.2, -0.15) is 0 Å². The van der Waals surface area contributed by atoms with E-state index in [0.717, 1.165) is 11.1 Å². The lowest BCUT2D eigenvalue weighted by Crippen LogP contribution is -2.42. The fourth-order valence-corrected chi connectivity index (χ4v) is 3.05. The van der Waals surface area contributed by atoms with Crippen molar-refractivity contribution in [2.24, 2.45) is 0 Å². The highest BCUT2D eigenvalue weighted by Crippen LogP contribution is 2.33.